The first-order chi connectivity index (χ1) is 20.6. The summed E-state index contributed by atoms with van der Waals surface area (Å²) < 4.78 is 4.59. The van der Waals surface area contributed by atoms with E-state index in [-0.39, 0.29) is 23.0 Å². The first-order valence-electron chi connectivity index (χ1n) is 13.6. The number of halogens is 1. The molecule has 2 saturated carbocycles. The summed E-state index contributed by atoms with van der Waals surface area (Å²) in [5, 5.41) is 19.9. The molecule has 6 heteroatoms. The van der Waals surface area contributed by atoms with Gasteiger partial charge in [-0.15, -0.1) is 0 Å². The molecule has 212 valence electrons. The summed E-state index contributed by atoms with van der Waals surface area (Å²) in [4.78, 5) is 0. The van der Waals surface area contributed by atoms with E-state index < -0.39 is 19.8 Å². The average Bonchev–Trinajstić information content (AvgIpc) is 3.81. The third kappa shape index (κ3) is 11.9. The molecule has 0 aromatic heterocycles. The van der Waals surface area contributed by atoms with E-state index in [1.165, 1.54) is 10.7 Å². The number of rotatable bonds is 6. The minimum absolute atomic E-state index is 0. The molecule has 3 nitrogen and oxygen atoms in total. The van der Waals surface area contributed by atoms with Gasteiger partial charge in [-0.3, -0.25) is 0 Å². The van der Waals surface area contributed by atoms with Crippen molar-refractivity contribution in [2.75, 3.05) is 0 Å². The third-order valence-corrected chi connectivity index (χ3v) is 14.3. The summed E-state index contributed by atoms with van der Waals surface area (Å²) in [5.41, 5.74) is 1.18. The fourth-order valence-corrected chi connectivity index (χ4v) is 11.6. The van der Waals surface area contributed by atoms with Crippen LogP contribution in [0.3, 0.4) is 0 Å². The van der Waals surface area contributed by atoms with E-state index in [0.29, 0.717) is 16.3 Å². The van der Waals surface area contributed by atoms with Crippen molar-refractivity contribution >= 4 is 53.7 Å². The Morgan fingerprint density at radius 2 is 0.953 bits per heavy atom. The van der Waals surface area contributed by atoms with Crippen molar-refractivity contribution in [1.29, 1.82) is 0 Å². The number of nitrogens with zero attached hydrogens (tertiary/aromatic N) is 2. The molecule has 0 atom stereocenters. The van der Waals surface area contributed by atoms with Crippen molar-refractivity contribution in [3.05, 3.63) is 190 Å². The van der Waals surface area contributed by atoms with Crippen molar-refractivity contribution in [1.82, 2.24) is 0 Å². The summed E-state index contributed by atoms with van der Waals surface area (Å²) in [6.07, 6.45) is 17.7. The zero-order valence-corrected chi connectivity index (χ0v) is 28.4. The number of hydrogen-bond donors (Lipinski definition) is 0. The van der Waals surface area contributed by atoms with E-state index in [4.69, 9.17) is 11.6 Å². The van der Waals surface area contributed by atoms with Gasteiger partial charge in [-0.25, -0.2) is 0 Å². The predicted molar refractivity (Wildman–Crippen MR) is 177 cm³/mol. The second kappa shape index (κ2) is 19.8. The molecule has 4 aromatic rings. The van der Waals surface area contributed by atoms with Crippen LogP contribution in [-0.4, -0.2) is 31.4 Å². The van der Waals surface area contributed by atoms with E-state index in [1.807, 2.05) is 64.7 Å². The molecule has 6 rings (SSSR count). The van der Waals surface area contributed by atoms with Gasteiger partial charge in [0.2, 0.25) is 0 Å². The first-order valence-corrected chi connectivity index (χ1v) is 18.2. The van der Waals surface area contributed by atoms with Gasteiger partial charge in [0.25, 0.3) is 0 Å². The minimum atomic E-state index is -1.98. The van der Waals surface area contributed by atoms with Gasteiger partial charge in [0.05, 0.1) is 0 Å². The molecule has 0 saturated heterocycles. The van der Waals surface area contributed by atoms with Crippen LogP contribution >= 0.6 is 11.6 Å². The molecule has 0 unspecified atom stereocenters. The van der Waals surface area contributed by atoms with Crippen LogP contribution in [0.25, 0.3) is 0 Å². The maximum atomic E-state index is 11.7. The number of benzene rings is 4. The summed E-state index contributed by atoms with van der Waals surface area (Å²) >= 11 is 3.76. The quantitative estimate of drug-likeness (QED) is 0.113. The molecule has 0 aliphatic heterocycles. The van der Waals surface area contributed by atoms with Gasteiger partial charge in [-0.1, -0.05) is 23.7 Å². The van der Waals surface area contributed by atoms with Crippen LogP contribution in [0.15, 0.2) is 125 Å². The van der Waals surface area contributed by atoms with Gasteiger partial charge in [0.15, 0.2) is 0 Å². The van der Waals surface area contributed by atoms with Crippen LogP contribution in [-0.2, 0) is 17.1 Å². The van der Waals surface area contributed by atoms with Gasteiger partial charge in [0, 0.05) is 22.5 Å². The summed E-state index contributed by atoms with van der Waals surface area (Å²) in [5.74, 6) is 0.584. The molecule has 10 radical (unpaired) electrons. The Labute approximate surface area is 280 Å². The molecule has 2 aliphatic rings. The zero-order chi connectivity index (χ0) is 29.4. The van der Waals surface area contributed by atoms with Crippen molar-refractivity contribution in [2.24, 2.45) is 10.2 Å². The van der Waals surface area contributed by atoms with Crippen LogP contribution in [0, 0.1) is 63.7 Å². The van der Waals surface area contributed by atoms with Crippen LogP contribution in [0.1, 0.15) is 12.5 Å². The van der Waals surface area contributed by atoms with Gasteiger partial charge in [0.1, 0.15) is 0 Å². The Balaban J connectivity index is 0.000000199. The predicted octanol–water partition coefficient (Wildman–Crippen LogP) is 5.45. The zero-order valence-electron chi connectivity index (χ0n) is 23.7. The second-order valence-electron chi connectivity index (χ2n) is 9.21. The van der Waals surface area contributed by atoms with Gasteiger partial charge >= 0.3 is 139 Å². The Hall–Kier alpha value is -2.37. The Morgan fingerprint density at radius 1 is 0.558 bits per heavy atom. The fraction of sp³-hybridized carbons (Fsp3) is 0.0270. The van der Waals surface area contributed by atoms with E-state index >= 15 is 0 Å². The van der Waals surface area contributed by atoms with Crippen molar-refractivity contribution in [3.8, 4) is 0 Å². The molecular formula is C37H31ClFeN2OSn+2. The maximum absolute atomic E-state index is 11.7. The summed E-state index contributed by atoms with van der Waals surface area (Å²) in [6, 6.07) is 39.5. The molecule has 0 heterocycles. The Kier molecular flexibility index (Phi) is 16.2. The topological polar surface area (TPSA) is 47.8 Å². The molecule has 43 heavy (non-hydrogen) atoms. The van der Waals surface area contributed by atoms with Crippen molar-refractivity contribution < 1.29 is 22.2 Å². The van der Waals surface area contributed by atoms with E-state index in [1.54, 1.807) is 24.3 Å². The van der Waals surface area contributed by atoms with Gasteiger partial charge < -0.3 is 5.11 Å². The number of hydrogen-bond acceptors (Lipinski definition) is 3. The van der Waals surface area contributed by atoms with Crippen LogP contribution < -0.4 is 15.8 Å². The molecule has 2 aliphatic carbocycles. The monoisotopic (exact) mass is 730 g/mol. The Bertz CT molecular complexity index is 1270. The third-order valence-electron chi connectivity index (χ3n) is 6.21. The molecule has 0 N–H and O–H groups in total. The van der Waals surface area contributed by atoms with Crippen LogP contribution in [0.5, 0.6) is 0 Å². The van der Waals surface area contributed by atoms with E-state index in [2.05, 4.69) is 101 Å². The SMILES string of the molecule is C/C(=N/N=C(\[O-])c1ccc(Cl)cc1)[C]1[CH][CH][CH][CH]1.[CH]1[CH][CH][CH][CH]1.[Fe+2].c1cc[c]([Sn+]([c]2ccccc2)[c]2ccccc2)cc1. The van der Waals surface area contributed by atoms with Gasteiger partial charge in [-0.05, 0) is 82.4 Å². The van der Waals surface area contributed by atoms with Crippen molar-refractivity contribution in [2.45, 2.75) is 6.92 Å². The average molecular weight is 730 g/mol. The second-order valence-corrected chi connectivity index (χ2v) is 16.7. The van der Waals surface area contributed by atoms with Gasteiger partial charge in [-0.2, -0.15) is 10.2 Å². The van der Waals surface area contributed by atoms with Crippen LogP contribution in [0.2, 0.25) is 5.02 Å². The normalized spacial score (nSPS) is 14.9. The molecule has 0 amide bonds. The van der Waals surface area contributed by atoms with Crippen LogP contribution in [0.4, 0.5) is 0 Å². The Morgan fingerprint density at radius 3 is 1.35 bits per heavy atom. The first kappa shape index (κ1) is 35.1. The molecule has 2 fully saturated rings. The fourth-order valence-electron chi connectivity index (χ4n) is 4.08. The van der Waals surface area contributed by atoms with Crippen molar-refractivity contribution in [3.63, 3.8) is 0 Å². The molecular weight excluding hydrogens is 698 g/mol. The molecule has 4 aromatic carbocycles. The van der Waals surface area contributed by atoms with E-state index in [9.17, 15) is 5.11 Å². The molecule has 0 bridgehead atoms. The van der Waals surface area contributed by atoms with E-state index in [0.717, 1.165) is 5.92 Å². The summed E-state index contributed by atoms with van der Waals surface area (Å²) in [7, 11) is 0. The summed E-state index contributed by atoms with van der Waals surface area (Å²) in [6.45, 7) is 1.81. The standard InChI is InChI=1S/C14H12ClN2O.3C6H5.C5H5.Fe.Sn/c1-10(11-4-2-3-5-11)16-17-14(18)12-6-8-13(15)9-7-12;3*1-2-4-6-5-3-1;1-2-4-5-3-1;;/h2-9H,1H3,(H,17,18);3*1-5H;1-5H;;/q;;;;;+2;+1/p-1/b16-10-;;;;;;. The molecule has 0 spiro atoms.